The van der Waals surface area contributed by atoms with Gasteiger partial charge in [-0.15, -0.1) is 0 Å². The Kier molecular flexibility index (Phi) is 3.24. The Hall–Kier alpha value is -0.340. The molecule has 0 unspecified atom stereocenters. The normalized spacial score (nSPS) is 22.9. The highest BCUT2D eigenvalue weighted by Crippen LogP contribution is 2.28. The minimum Gasteiger partial charge on any atom is -0.303 e. The van der Waals surface area contributed by atoms with Gasteiger partial charge in [-0.2, -0.15) is 0 Å². The Morgan fingerprint density at radius 2 is 2.36 bits per heavy atom. The molecule has 1 fully saturated rings. The summed E-state index contributed by atoms with van der Waals surface area (Å²) in [4.78, 5) is 2.52. The summed E-state index contributed by atoms with van der Waals surface area (Å²) >= 11 is 3.53. The van der Waals surface area contributed by atoms with Gasteiger partial charge < -0.3 is 4.90 Å². The van der Waals surface area contributed by atoms with Crippen molar-refractivity contribution >= 4 is 15.9 Å². The van der Waals surface area contributed by atoms with E-state index in [0.717, 1.165) is 5.92 Å². The molecule has 0 bridgehead atoms. The van der Waals surface area contributed by atoms with Crippen LogP contribution in [0.25, 0.3) is 0 Å². The van der Waals surface area contributed by atoms with E-state index < -0.39 is 0 Å². The van der Waals surface area contributed by atoms with Gasteiger partial charge in [0.25, 0.3) is 0 Å². The van der Waals surface area contributed by atoms with Crippen molar-refractivity contribution in [3.05, 3.63) is 34.3 Å². The van der Waals surface area contributed by atoms with Crippen molar-refractivity contribution in [2.24, 2.45) is 0 Å². The first-order chi connectivity index (χ1) is 6.79. The van der Waals surface area contributed by atoms with E-state index in [1.54, 1.807) is 0 Å². The molecule has 0 aromatic heterocycles. The minimum atomic E-state index is 0.743. The predicted octanol–water partition coefficient (Wildman–Crippen LogP) is 3.26. The molecule has 14 heavy (non-hydrogen) atoms. The molecule has 1 aromatic carbocycles. The maximum absolute atomic E-state index is 3.53. The van der Waals surface area contributed by atoms with Gasteiger partial charge in [-0.1, -0.05) is 35.0 Å². The predicted molar refractivity (Wildman–Crippen MR) is 63.6 cm³/mol. The van der Waals surface area contributed by atoms with Crippen LogP contribution in [0.1, 0.15) is 24.8 Å². The molecule has 1 aliphatic rings. The third kappa shape index (κ3) is 2.18. The first kappa shape index (κ1) is 10.2. The van der Waals surface area contributed by atoms with Crippen molar-refractivity contribution in [2.45, 2.75) is 19.3 Å². The van der Waals surface area contributed by atoms with E-state index in [-0.39, 0.29) is 0 Å². The molecule has 0 aliphatic carbocycles. The molecule has 1 aliphatic heterocycles. The van der Waals surface area contributed by atoms with Gasteiger partial charge in [0.05, 0.1) is 0 Å². The SMILES string of the molecule is CCN1CC[C@@H](c2cccc(Br)c2)C1. The summed E-state index contributed by atoms with van der Waals surface area (Å²) in [5, 5.41) is 0. The molecule has 0 N–H and O–H groups in total. The van der Waals surface area contributed by atoms with Gasteiger partial charge >= 0.3 is 0 Å². The van der Waals surface area contributed by atoms with E-state index in [4.69, 9.17) is 0 Å². The van der Waals surface area contributed by atoms with Crippen molar-refractivity contribution in [1.82, 2.24) is 4.90 Å². The number of hydrogen-bond acceptors (Lipinski definition) is 1. The highest BCUT2D eigenvalue weighted by Gasteiger charge is 2.22. The Balaban J connectivity index is 2.09. The largest absolute Gasteiger partial charge is 0.303 e. The summed E-state index contributed by atoms with van der Waals surface area (Å²) in [5.41, 5.74) is 1.48. The molecule has 0 saturated carbocycles. The van der Waals surface area contributed by atoms with Crippen molar-refractivity contribution in [3.8, 4) is 0 Å². The quantitative estimate of drug-likeness (QED) is 0.783. The second kappa shape index (κ2) is 4.45. The summed E-state index contributed by atoms with van der Waals surface area (Å²) in [6.07, 6.45) is 1.31. The summed E-state index contributed by atoms with van der Waals surface area (Å²) in [5.74, 6) is 0.743. The fourth-order valence-corrected chi connectivity index (χ4v) is 2.57. The number of likely N-dealkylation sites (N-methyl/N-ethyl adjacent to an activating group) is 1. The van der Waals surface area contributed by atoms with Gasteiger partial charge in [0.15, 0.2) is 0 Å². The monoisotopic (exact) mass is 253 g/mol. The van der Waals surface area contributed by atoms with Crippen LogP contribution in [0.2, 0.25) is 0 Å². The van der Waals surface area contributed by atoms with Crippen molar-refractivity contribution in [1.29, 1.82) is 0 Å². The van der Waals surface area contributed by atoms with Crippen molar-refractivity contribution in [2.75, 3.05) is 19.6 Å². The van der Waals surface area contributed by atoms with E-state index >= 15 is 0 Å². The lowest BCUT2D eigenvalue weighted by Gasteiger charge is -2.13. The second-order valence-corrected chi connectivity index (χ2v) is 4.85. The molecular formula is C12H16BrN. The van der Waals surface area contributed by atoms with Crippen LogP contribution in [-0.2, 0) is 0 Å². The molecule has 2 rings (SSSR count). The molecule has 1 heterocycles. The van der Waals surface area contributed by atoms with Crippen LogP contribution in [-0.4, -0.2) is 24.5 Å². The molecule has 0 amide bonds. The number of halogens is 1. The number of rotatable bonds is 2. The lowest BCUT2D eigenvalue weighted by Crippen LogP contribution is -2.19. The first-order valence-electron chi connectivity index (χ1n) is 5.27. The maximum atomic E-state index is 3.53. The number of benzene rings is 1. The Morgan fingerprint density at radius 1 is 1.50 bits per heavy atom. The Labute approximate surface area is 94.2 Å². The number of nitrogens with zero attached hydrogens (tertiary/aromatic N) is 1. The van der Waals surface area contributed by atoms with Gasteiger partial charge in [0.1, 0.15) is 0 Å². The Bertz CT molecular complexity index is 311. The molecule has 0 spiro atoms. The summed E-state index contributed by atoms with van der Waals surface area (Å²) < 4.78 is 1.20. The second-order valence-electron chi connectivity index (χ2n) is 3.93. The van der Waals surface area contributed by atoms with Gasteiger partial charge in [-0.25, -0.2) is 0 Å². The van der Waals surface area contributed by atoms with Crippen molar-refractivity contribution in [3.63, 3.8) is 0 Å². The standard InChI is InChI=1S/C12H16BrN/c1-2-14-7-6-11(9-14)10-4-3-5-12(13)8-10/h3-5,8,11H,2,6-7,9H2,1H3/t11-/m1/s1. The molecule has 1 nitrogen and oxygen atoms in total. The molecular weight excluding hydrogens is 238 g/mol. The van der Waals surface area contributed by atoms with Crippen LogP contribution < -0.4 is 0 Å². The maximum Gasteiger partial charge on any atom is 0.0178 e. The fourth-order valence-electron chi connectivity index (χ4n) is 2.15. The fraction of sp³-hybridized carbons (Fsp3) is 0.500. The molecule has 1 aromatic rings. The van der Waals surface area contributed by atoms with E-state index in [1.807, 2.05) is 0 Å². The molecule has 1 saturated heterocycles. The molecule has 76 valence electrons. The highest BCUT2D eigenvalue weighted by molar-refractivity contribution is 9.10. The third-order valence-corrected chi connectivity index (χ3v) is 3.53. The molecule has 0 radical (unpaired) electrons. The van der Waals surface area contributed by atoms with E-state index in [1.165, 1.54) is 36.1 Å². The zero-order chi connectivity index (χ0) is 9.97. The van der Waals surface area contributed by atoms with Gasteiger partial charge in [-0.05, 0) is 43.1 Å². The zero-order valence-electron chi connectivity index (χ0n) is 8.54. The van der Waals surface area contributed by atoms with E-state index in [2.05, 4.69) is 52.0 Å². The zero-order valence-corrected chi connectivity index (χ0v) is 10.1. The lowest BCUT2D eigenvalue weighted by molar-refractivity contribution is 0.354. The van der Waals surface area contributed by atoms with Gasteiger partial charge in [0, 0.05) is 11.0 Å². The summed E-state index contributed by atoms with van der Waals surface area (Å²) in [7, 11) is 0. The van der Waals surface area contributed by atoms with Crippen LogP contribution in [0.15, 0.2) is 28.7 Å². The average Bonchev–Trinajstić information content (AvgIpc) is 2.66. The van der Waals surface area contributed by atoms with Gasteiger partial charge in [0.2, 0.25) is 0 Å². The average molecular weight is 254 g/mol. The summed E-state index contributed by atoms with van der Waals surface area (Å²) in [6, 6.07) is 8.72. The van der Waals surface area contributed by atoms with E-state index in [9.17, 15) is 0 Å². The Morgan fingerprint density at radius 3 is 3.00 bits per heavy atom. The van der Waals surface area contributed by atoms with Crippen LogP contribution >= 0.6 is 15.9 Å². The minimum absolute atomic E-state index is 0.743. The van der Waals surface area contributed by atoms with Gasteiger partial charge in [-0.3, -0.25) is 0 Å². The molecule has 2 heteroatoms. The van der Waals surface area contributed by atoms with Crippen LogP contribution in [0.3, 0.4) is 0 Å². The van der Waals surface area contributed by atoms with Crippen LogP contribution in [0.5, 0.6) is 0 Å². The third-order valence-electron chi connectivity index (χ3n) is 3.04. The van der Waals surface area contributed by atoms with Crippen LogP contribution in [0, 0.1) is 0 Å². The highest BCUT2D eigenvalue weighted by atomic mass is 79.9. The van der Waals surface area contributed by atoms with Crippen molar-refractivity contribution < 1.29 is 0 Å². The topological polar surface area (TPSA) is 3.24 Å². The van der Waals surface area contributed by atoms with E-state index in [0.29, 0.717) is 0 Å². The first-order valence-corrected chi connectivity index (χ1v) is 6.06. The van der Waals surface area contributed by atoms with Crippen LogP contribution in [0.4, 0.5) is 0 Å². The smallest absolute Gasteiger partial charge is 0.0178 e. The molecule has 1 atom stereocenters. The summed E-state index contributed by atoms with van der Waals surface area (Å²) in [6.45, 7) is 5.91. The number of hydrogen-bond donors (Lipinski definition) is 0. The number of likely N-dealkylation sites (tertiary alicyclic amines) is 1. The lowest BCUT2D eigenvalue weighted by atomic mass is 9.99.